The maximum Gasteiger partial charge on any atom is 0.252 e. The van der Waals surface area contributed by atoms with E-state index in [1.807, 2.05) is 30.3 Å². The van der Waals surface area contributed by atoms with Crippen molar-refractivity contribution in [3.63, 3.8) is 0 Å². The van der Waals surface area contributed by atoms with E-state index >= 15 is 0 Å². The lowest BCUT2D eigenvalue weighted by atomic mass is 9.94. The quantitative estimate of drug-likeness (QED) is 0.784. The lowest BCUT2D eigenvalue weighted by Crippen LogP contribution is -2.54. The Labute approximate surface area is 139 Å². The topological polar surface area (TPSA) is 91.3 Å². The first-order valence-corrected chi connectivity index (χ1v) is 7.77. The molecule has 1 aliphatic heterocycles. The molecule has 0 bridgehead atoms. The summed E-state index contributed by atoms with van der Waals surface area (Å²) in [4.78, 5) is 28.6. The Morgan fingerprint density at radius 3 is 2.88 bits per heavy atom. The number of carbonyl (C=O) groups is 2. The van der Waals surface area contributed by atoms with Crippen LogP contribution in [0.1, 0.15) is 18.1 Å². The van der Waals surface area contributed by atoms with Gasteiger partial charge >= 0.3 is 0 Å². The lowest BCUT2D eigenvalue weighted by Gasteiger charge is -2.29. The highest BCUT2D eigenvalue weighted by molar-refractivity contribution is 6.00. The summed E-state index contributed by atoms with van der Waals surface area (Å²) in [5, 5.41) is 15.9. The van der Waals surface area contributed by atoms with Crippen molar-refractivity contribution >= 4 is 17.5 Å². The van der Waals surface area contributed by atoms with Gasteiger partial charge in [-0.3, -0.25) is 14.6 Å². The molecular formula is C18H19N3O3. The van der Waals surface area contributed by atoms with Crippen LogP contribution in [0.3, 0.4) is 0 Å². The van der Waals surface area contributed by atoms with E-state index in [2.05, 4.69) is 15.6 Å². The van der Waals surface area contributed by atoms with Gasteiger partial charge in [0.15, 0.2) is 0 Å². The second-order valence-corrected chi connectivity index (χ2v) is 6.19. The highest BCUT2D eigenvalue weighted by atomic mass is 16.3. The van der Waals surface area contributed by atoms with Gasteiger partial charge in [0.05, 0.1) is 0 Å². The van der Waals surface area contributed by atoms with E-state index in [1.165, 1.54) is 6.92 Å². The normalized spacial score (nSPS) is 18.9. The third-order valence-corrected chi connectivity index (χ3v) is 4.09. The molecule has 2 atom stereocenters. The zero-order valence-corrected chi connectivity index (χ0v) is 13.3. The number of nitrogens with zero attached hydrogens (tertiary/aromatic N) is 1. The fraction of sp³-hybridized carbons (Fsp3) is 0.278. The molecule has 6 heteroatoms. The summed E-state index contributed by atoms with van der Waals surface area (Å²) >= 11 is 0. The number of fused-ring (bicyclic) bond motifs is 1. The number of hydrogen-bond donors (Lipinski definition) is 3. The molecule has 0 saturated heterocycles. The molecule has 2 heterocycles. The van der Waals surface area contributed by atoms with Gasteiger partial charge in [0.1, 0.15) is 11.6 Å². The fourth-order valence-corrected chi connectivity index (χ4v) is 2.75. The summed E-state index contributed by atoms with van der Waals surface area (Å²) in [6.45, 7) is 1.45. The van der Waals surface area contributed by atoms with Crippen molar-refractivity contribution in [3.8, 4) is 0 Å². The SMILES string of the molecule is CC(O)(Cc1ccccc1)C(=O)NC1Cc2cnccc2NC1=O. The molecule has 1 aliphatic rings. The molecule has 2 amide bonds. The summed E-state index contributed by atoms with van der Waals surface area (Å²) in [5.74, 6) is -0.864. The average molecular weight is 325 g/mol. The van der Waals surface area contributed by atoms with Gasteiger partial charge < -0.3 is 15.7 Å². The van der Waals surface area contributed by atoms with Crippen LogP contribution in [0.15, 0.2) is 48.8 Å². The highest BCUT2D eigenvalue weighted by Crippen LogP contribution is 2.21. The minimum atomic E-state index is -1.60. The van der Waals surface area contributed by atoms with Crippen molar-refractivity contribution in [1.29, 1.82) is 0 Å². The fourth-order valence-electron chi connectivity index (χ4n) is 2.75. The maximum atomic E-state index is 12.4. The molecule has 3 rings (SSSR count). The first-order valence-electron chi connectivity index (χ1n) is 7.77. The summed E-state index contributed by atoms with van der Waals surface area (Å²) in [6, 6.07) is 10.3. The third-order valence-electron chi connectivity index (χ3n) is 4.09. The van der Waals surface area contributed by atoms with E-state index < -0.39 is 17.6 Å². The zero-order valence-electron chi connectivity index (χ0n) is 13.3. The molecule has 6 nitrogen and oxygen atoms in total. The van der Waals surface area contributed by atoms with Crippen LogP contribution in [0, 0.1) is 0 Å². The number of aromatic nitrogens is 1. The molecule has 0 saturated carbocycles. The number of rotatable bonds is 4. The molecule has 1 aromatic carbocycles. The first kappa shape index (κ1) is 16.1. The number of benzene rings is 1. The Bertz CT molecular complexity index is 759. The molecule has 0 radical (unpaired) electrons. The van der Waals surface area contributed by atoms with Crippen LogP contribution in [0.5, 0.6) is 0 Å². The number of amides is 2. The Kier molecular flexibility index (Phi) is 4.31. The van der Waals surface area contributed by atoms with Crippen molar-refractivity contribution in [1.82, 2.24) is 10.3 Å². The Morgan fingerprint density at radius 2 is 2.12 bits per heavy atom. The van der Waals surface area contributed by atoms with Crippen LogP contribution in [-0.2, 0) is 22.4 Å². The van der Waals surface area contributed by atoms with Gasteiger partial charge in [-0.15, -0.1) is 0 Å². The first-order chi connectivity index (χ1) is 11.5. The van der Waals surface area contributed by atoms with Crippen molar-refractivity contribution in [2.45, 2.75) is 31.4 Å². The lowest BCUT2D eigenvalue weighted by molar-refractivity contribution is -0.140. The molecule has 0 fully saturated rings. The van der Waals surface area contributed by atoms with Gasteiger partial charge in [-0.25, -0.2) is 0 Å². The summed E-state index contributed by atoms with van der Waals surface area (Å²) in [6.07, 6.45) is 3.78. The van der Waals surface area contributed by atoms with Crippen LogP contribution in [-0.4, -0.2) is 33.5 Å². The van der Waals surface area contributed by atoms with Crippen molar-refractivity contribution in [3.05, 3.63) is 59.9 Å². The zero-order chi connectivity index (χ0) is 17.2. The molecule has 2 unspecified atom stereocenters. The molecular weight excluding hydrogens is 306 g/mol. The smallest absolute Gasteiger partial charge is 0.252 e. The largest absolute Gasteiger partial charge is 0.380 e. The Balaban J connectivity index is 1.69. The maximum absolute atomic E-state index is 12.4. The second kappa shape index (κ2) is 6.41. The minimum absolute atomic E-state index is 0.173. The number of anilines is 1. The van der Waals surface area contributed by atoms with Crippen molar-refractivity contribution in [2.24, 2.45) is 0 Å². The monoisotopic (exact) mass is 325 g/mol. The number of hydrogen-bond acceptors (Lipinski definition) is 4. The molecule has 3 N–H and O–H groups in total. The van der Waals surface area contributed by atoms with E-state index in [9.17, 15) is 14.7 Å². The Morgan fingerprint density at radius 1 is 1.38 bits per heavy atom. The van der Waals surface area contributed by atoms with Gasteiger partial charge in [-0.05, 0) is 24.1 Å². The van der Waals surface area contributed by atoms with E-state index in [0.29, 0.717) is 12.1 Å². The third kappa shape index (κ3) is 3.44. The number of carbonyl (C=O) groups excluding carboxylic acids is 2. The van der Waals surface area contributed by atoms with Crippen LogP contribution in [0.4, 0.5) is 5.69 Å². The number of nitrogens with one attached hydrogen (secondary N) is 2. The average Bonchev–Trinajstić information content (AvgIpc) is 2.56. The van der Waals surface area contributed by atoms with Crippen LogP contribution in [0.25, 0.3) is 0 Å². The predicted molar refractivity (Wildman–Crippen MR) is 89.3 cm³/mol. The number of pyridine rings is 1. The van der Waals surface area contributed by atoms with E-state index in [0.717, 1.165) is 11.1 Å². The number of aliphatic hydroxyl groups is 1. The van der Waals surface area contributed by atoms with Gasteiger partial charge in [0, 0.05) is 30.9 Å². The molecule has 0 aliphatic carbocycles. The molecule has 24 heavy (non-hydrogen) atoms. The standard InChI is InChI=1S/C18H19N3O3/c1-18(24,10-12-5-3-2-4-6-12)17(23)21-15-9-13-11-19-8-7-14(13)20-16(15)22/h2-8,11,15,24H,9-10H2,1H3,(H,20,22)(H,21,23). The second-order valence-electron chi connectivity index (χ2n) is 6.19. The van der Waals surface area contributed by atoms with Gasteiger partial charge in [-0.1, -0.05) is 30.3 Å². The van der Waals surface area contributed by atoms with Gasteiger partial charge in [0.25, 0.3) is 5.91 Å². The Hall–Kier alpha value is -2.73. The van der Waals surface area contributed by atoms with E-state index in [1.54, 1.807) is 18.5 Å². The summed E-state index contributed by atoms with van der Waals surface area (Å²) < 4.78 is 0. The molecule has 0 spiro atoms. The van der Waals surface area contributed by atoms with Gasteiger partial charge in [-0.2, -0.15) is 0 Å². The predicted octanol–water partition coefficient (Wildman–Crippen LogP) is 1.05. The molecule has 2 aromatic rings. The van der Waals surface area contributed by atoms with E-state index in [4.69, 9.17) is 0 Å². The van der Waals surface area contributed by atoms with Crippen LogP contribution in [0.2, 0.25) is 0 Å². The summed E-state index contributed by atoms with van der Waals surface area (Å²) in [7, 11) is 0. The molecule has 124 valence electrons. The summed E-state index contributed by atoms with van der Waals surface area (Å²) in [5.41, 5.74) is 0.804. The van der Waals surface area contributed by atoms with Crippen molar-refractivity contribution in [2.75, 3.05) is 5.32 Å². The van der Waals surface area contributed by atoms with Crippen LogP contribution < -0.4 is 10.6 Å². The minimum Gasteiger partial charge on any atom is -0.380 e. The van der Waals surface area contributed by atoms with Gasteiger partial charge in [0.2, 0.25) is 5.91 Å². The molecule has 1 aromatic heterocycles. The van der Waals surface area contributed by atoms with Crippen LogP contribution >= 0.6 is 0 Å². The van der Waals surface area contributed by atoms with Crippen molar-refractivity contribution < 1.29 is 14.7 Å². The van der Waals surface area contributed by atoms with E-state index in [-0.39, 0.29) is 12.3 Å². The highest BCUT2D eigenvalue weighted by Gasteiger charge is 2.35.